The minimum atomic E-state index is -0.580. The zero-order chi connectivity index (χ0) is 15.6. The standard InChI is InChI=1S/C13H18FN5O2/c1-8(19(17)5-4-15)12-7-18(13(20)21-12)9-2-3-11(16)10(14)6-9/h2-6,8,12H,7,15-17H2,1H3/b5-4-. The van der Waals surface area contributed by atoms with Crippen molar-refractivity contribution in [2.75, 3.05) is 17.2 Å². The maximum atomic E-state index is 13.5. The Morgan fingerprint density at radius 3 is 2.90 bits per heavy atom. The van der Waals surface area contributed by atoms with Crippen molar-refractivity contribution in [3.63, 3.8) is 0 Å². The van der Waals surface area contributed by atoms with Crippen molar-refractivity contribution < 1.29 is 13.9 Å². The molecule has 1 aliphatic heterocycles. The number of hydrogen-bond acceptors (Lipinski definition) is 6. The van der Waals surface area contributed by atoms with E-state index in [1.165, 1.54) is 34.4 Å². The van der Waals surface area contributed by atoms with E-state index in [1.807, 2.05) is 0 Å². The minimum absolute atomic E-state index is 0.0254. The molecular formula is C13H18FN5O2. The molecular weight excluding hydrogens is 277 g/mol. The fourth-order valence-electron chi connectivity index (χ4n) is 2.06. The van der Waals surface area contributed by atoms with Gasteiger partial charge in [-0.2, -0.15) is 0 Å². The summed E-state index contributed by atoms with van der Waals surface area (Å²) >= 11 is 0. The van der Waals surface area contributed by atoms with Crippen molar-refractivity contribution in [3.05, 3.63) is 36.4 Å². The van der Waals surface area contributed by atoms with Gasteiger partial charge in [-0.3, -0.25) is 4.90 Å². The van der Waals surface area contributed by atoms with Gasteiger partial charge in [0.05, 0.1) is 24.0 Å². The summed E-state index contributed by atoms with van der Waals surface area (Å²) in [6.07, 6.45) is 1.75. The van der Waals surface area contributed by atoms with Crippen LogP contribution in [0.1, 0.15) is 6.92 Å². The second kappa shape index (κ2) is 5.88. The lowest BCUT2D eigenvalue weighted by atomic mass is 10.1. The normalized spacial score (nSPS) is 19.9. The number of halogens is 1. The highest BCUT2D eigenvalue weighted by atomic mass is 19.1. The molecule has 1 amide bonds. The zero-order valence-corrected chi connectivity index (χ0v) is 11.6. The largest absolute Gasteiger partial charge is 0.442 e. The number of nitrogen functional groups attached to an aromatic ring is 1. The first kappa shape index (κ1) is 14.9. The fourth-order valence-corrected chi connectivity index (χ4v) is 2.06. The summed E-state index contributed by atoms with van der Waals surface area (Å²) in [6.45, 7) is 2.06. The average Bonchev–Trinajstić information content (AvgIpc) is 2.83. The molecule has 1 fully saturated rings. The van der Waals surface area contributed by atoms with Gasteiger partial charge in [-0.1, -0.05) is 0 Å². The third-order valence-electron chi connectivity index (χ3n) is 3.40. The van der Waals surface area contributed by atoms with Gasteiger partial charge in [0, 0.05) is 12.4 Å². The van der Waals surface area contributed by atoms with Gasteiger partial charge >= 0.3 is 6.09 Å². The van der Waals surface area contributed by atoms with Crippen LogP contribution in [-0.4, -0.2) is 29.8 Å². The number of rotatable bonds is 4. The van der Waals surface area contributed by atoms with Crippen LogP contribution in [-0.2, 0) is 4.74 Å². The highest BCUT2D eigenvalue weighted by Crippen LogP contribution is 2.26. The van der Waals surface area contributed by atoms with Gasteiger partial charge in [-0.15, -0.1) is 0 Å². The summed E-state index contributed by atoms with van der Waals surface area (Å²) in [4.78, 5) is 13.3. The first-order valence-electron chi connectivity index (χ1n) is 6.38. The Morgan fingerprint density at radius 2 is 2.29 bits per heavy atom. The Labute approximate surface area is 121 Å². The van der Waals surface area contributed by atoms with Crippen LogP contribution in [0.25, 0.3) is 0 Å². The van der Waals surface area contributed by atoms with Gasteiger partial charge in [-0.25, -0.2) is 15.0 Å². The van der Waals surface area contributed by atoms with Gasteiger partial charge in [0.2, 0.25) is 0 Å². The molecule has 6 N–H and O–H groups in total. The van der Waals surface area contributed by atoms with E-state index >= 15 is 0 Å². The Morgan fingerprint density at radius 1 is 1.57 bits per heavy atom. The van der Waals surface area contributed by atoms with E-state index in [1.54, 1.807) is 13.0 Å². The monoisotopic (exact) mass is 295 g/mol. The lowest BCUT2D eigenvalue weighted by Gasteiger charge is -2.25. The zero-order valence-electron chi connectivity index (χ0n) is 11.6. The molecule has 1 aromatic rings. The Balaban J connectivity index is 2.14. The second-order valence-electron chi connectivity index (χ2n) is 4.77. The van der Waals surface area contributed by atoms with Gasteiger partial charge < -0.3 is 21.2 Å². The van der Waals surface area contributed by atoms with Crippen LogP contribution >= 0.6 is 0 Å². The summed E-state index contributed by atoms with van der Waals surface area (Å²) in [5.74, 6) is 5.18. The number of hydrazine groups is 1. The summed E-state index contributed by atoms with van der Waals surface area (Å²) in [5, 5.41) is 1.35. The van der Waals surface area contributed by atoms with Crippen molar-refractivity contribution in [1.82, 2.24) is 5.01 Å². The smallest absolute Gasteiger partial charge is 0.414 e. The van der Waals surface area contributed by atoms with Crippen molar-refractivity contribution in [2.45, 2.75) is 19.1 Å². The van der Waals surface area contributed by atoms with E-state index in [0.717, 1.165) is 0 Å². The summed E-state index contributed by atoms with van der Waals surface area (Å²) in [6, 6.07) is 3.88. The Hall–Kier alpha value is -2.48. The van der Waals surface area contributed by atoms with Crippen molar-refractivity contribution >= 4 is 17.5 Å². The predicted molar refractivity (Wildman–Crippen MR) is 77.2 cm³/mol. The van der Waals surface area contributed by atoms with Crippen LogP contribution in [0, 0.1) is 5.82 Å². The molecule has 21 heavy (non-hydrogen) atoms. The fraction of sp³-hybridized carbons (Fsp3) is 0.308. The van der Waals surface area contributed by atoms with Gasteiger partial charge in [0.1, 0.15) is 11.9 Å². The highest BCUT2D eigenvalue weighted by Gasteiger charge is 2.37. The predicted octanol–water partition coefficient (Wildman–Crippen LogP) is 0.727. The second-order valence-corrected chi connectivity index (χ2v) is 4.77. The summed E-state index contributed by atoms with van der Waals surface area (Å²) < 4.78 is 18.8. The number of amides is 1. The van der Waals surface area contributed by atoms with Crippen LogP contribution in [0.4, 0.5) is 20.6 Å². The van der Waals surface area contributed by atoms with Gasteiger partial charge in [-0.05, 0) is 25.1 Å². The number of benzene rings is 1. The third kappa shape index (κ3) is 3.00. The summed E-state index contributed by atoms with van der Waals surface area (Å²) in [7, 11) is 0. The van der Waals surface area contributed by atoms with Crippen LogP contribution in [0.2, 0.25) is 0 Å². The van der Waals surface area contributed by atoms with Gasteiger partial charge in [0.25, 0.3) is 0 Å². The SMILES string of the molecule is CC(C1CN(c2ccc(N)c(F)c2)C(=O)O1)N(N)/C=C\N. The van der Waals surface area contributed by atoms with Crippen LogP contribution in [0.3, 0.4) is 0 Å². The number of anilines is 2. The molecule has 8 heteroatoms. The molecule has 2 rings (SSSR count). The average molecular weight is 295 g/mol. The van der Waals surface area contributed by atoms with E-state index in [2.05, 4.69) is 0 Å². The first-order chi connectivity index (χ1) is 9.93. The van der Waals surface area contributed by atoms with Gasteiger partial charge in [0.15, 0.2) is 0 Å². The maximum absolute atomic E-state index is 13.5. The molecule has 2 unspecified atom stereocenters. The lowest BCUT2D eigenvalue weighted by molar-refractivity contribution is 0.0877. The van der Waals surface area contributed by atoms with Crippen molar-refractivity contribution in [2.24, 2.45) is 11.6 Å². The van der Waals surface area contributed by atoms with E-state index in [4.69, 9.17) is 22.0 Å². The molecule has 0 radical (unpaired) electrons. The topological polar surface area (TPSA) is 111 Å². The Bertz CT molecular complexity index is 565. The molecule has 2 atom stereocenters. The van der Waals surface area contributed by atoms with E-state index < -0.39 is 18.0 Å². The number of ether oxygens (including phenoxy) is 1. The molecule has 1 saturated heterocycles. The quantitative estimate of drug-likeness (QED) is 0.429. The molecule has 0 aliphatic carbocycles. The minimum Gasteiger partial charge on any atom is -0.442 e. The number of nitrogens with zero attached hydrogens (tertiary/aromatic N) is 2. The van der Waals surface area contributed by atoms with Crippen LogP contribution in [0.15, 0.2) is 30.6 Å². The van der Waals surface area contributed by atoms with Crippen molar-refractivity contribution in [3.8, 4) is 0 Å². The van der Waals surface area contributed by atoms with E-state index in [-0.39, 0.29) is 18.3 Å². The lowest BCUT2D eigenvalue weighted by Crippen LogP contribution is -2.44. The van der Waals surface area contributed by atoms with Crippen LogP contribution in [0.5, 0.6) is 0 Å². The molecule has 0 bridgehead atoms. The number of nitrogens with two attached hydrogens (primary N) is 3. The van der Waals surface area contributed by atoms with Crippen LogP contribution < -0.4 is 22.2 Å². The number of cyclic esters (lactones) is 1. The third-order valence-corrected chi connectivity index (χ3v) is 3.40. The molecule has 114 valence electrons. The number of carbonyl (C=O) groups excluding carboxylic acids is 1. The van der Waals surface area contributed by atoms with E-state index in [0.29, 0.717) is 5.69 Å². The molecule has 0 saturated carbocycles. The first-order valence-corrected chi connectivity index (χ1v) is 6.38. The Kier molecular flexibility index (Phi) is 4.18. The number of hydrogen-bond donors (Lipinski definition) is 3. The molecule has 1 heterocycles. The maximum Gasteiger partial charge on any atom is 0.414 e. The van der Waals surface area contributed by atoms with Crippen molar-refractivity contribution in [1.29, 1.82) is 0 Å². The molecule has 7 nitrogen and oxygen atoms in total. The molecule has 1 aliphatic rings. The molecule has 0 spiro atoms. The summed E-state index contributed by atoms with van der Waals surface area (Å²) in [5.41, 5.74) is 11.1. The van der Waals surface area contributed by atoms with E-state index in [9.17, 15) is 9.18 Å². The number of carbonyl (C=O) groups is 1. The highest BCUT2D eigenvalue weighted by molar-refractivity contribution is 5.90. The molecule has 0 aromatic heterocycles. The molecule has 1 aromatic carbocycles.